The molecule has 1 aromatic heterocycles. The molecular weight excluding hydrogens is 376 g/mol. The van der Waals surface area contributed by atoms with Gasteiger partial charge in [0, 0.05) is 19.8 Å². The van der Waals surface area contributed by atoms with Crippen molar-refractivity contribution in [1.82, 2.24) is 15.2 Å². The molecule has 0 fully saturated rings. The Morgan fingerprint density at radius 3 is 2.26 bits per heavy atom. The van der Waals surface area contributed by atoms with Crippen LogP contribution in [0.4, 0.5) is 5.69 Å². The van der Waals surface area contributed by atoms with Gasteiger partial charge in [0.25, 0.3) is 0 Å². The van der Waals surface area contributed by atoms with Crippen LogP contribution in [0.15, 0.2) is 5.10 Å². The molecule has 0 saturated carbocycles. The van der Waals surface area contributed by atoms with E-state index in [1.165, 1.54) is 28.0 Å². The van der Waals surface area contributed by atoms with Gasteiger partial charge in [-0.05, 0) is 20.8 Å². The molecule has 0 aliphatic carbocycles. The van der Waals surface area contributed by atoms with E-state index in [4.69, 9.17) is 23.4 Å². The molecule has 0 unspecified atom stereocenters. The predicted octanol–water partition coefficient (Wildman–Crippen LogP) is 1.90. The summed E-state index contributed by atoms with van der Waals surface area (Å²) in [7, 11) is 4.48. The lowest BCUT2D eigenvalue weighted by Crippen LogP contribution is -2.12. The molecule has 1 heterocycles. The summed E-state index contributed by atoms with van der Waals surface area (Å²) in [5.74, 6) is -0.881. The number of halogens is 1. The zero-order chi connectivity index (χ0) is 21.6. The number of esters is 1. The SMILES string of the molecule is CC(=O)CC#N.CN/N=C(\Cl)C(=O)OC.[C-]#[N+]c1c(C(C)=O)nn(C)c1C. The maximum Gasteiger partial charge on any atom is 0.370 e. The van der Waals surface area contributed by atoms with Gasteiger partial charge in [0.1, 0.15) is 11.5 Å². The van der Waals surface area contributed by atoms with Gasteiger partial charge in [-0.2, -0.15) is 15.5 Å². The molecular formula is C16H21ClN6O4. The monoisotopic (exact) mass is 396 g/mol. The zero-order valence-corrected chi connectivity index (χ0v) is 16.7. The quantitative estimate of drug-likeness (QED) is 0.270. The fourth-order valence-corrected chi connectivity index (χ4v) is 1.47. The lowest BCUT2D eigenvalue weighted by Gasteiger charge is -1.92. The average Bonchev–Trinajstić information content (AvgIpc) is 2.90. The minimum atomic E-state index is -0.647. The number of Topliss-reactive ketones (excluding diaryl/α,β-unsaturated/α-hetero) is 2. The Hall–Kier alpha value is -3.24. The fraction of sp³-hybridized carbons (Fsp3) is 0.438. The highest BCUT2D eigenvalue weighted by Gasteiger charge is 2.15. The number of hydrazone groups is 1. The van der Waals surface area contributed by atoms with Crippen LogP contribution >= 0.6 is 11.6 Å². The van der Waals surface area contributed by atoms with E-state index in [-0.39, 0.29) is 28.9 Å². The number of carbonyl (C=O) groups excluding carboxylic acids is 3. The molecule has 11 heteroatoms. The summed E-state index contributed by atoms with van der Waals surface area (Å²) < 4.78 is 5.77. The Morgan fingerprint density at radius 2 is 2.00 bits per heavy atom. The normalized spacial score (nSPS) is 9.30. The minimum Gasteiger partial charge on any atom is -0.464 e. The molecule has 1 rings (SSSR count). The molecule has 0 aliphatic rings. The van der Waals surface area contributed by atoms with Gasteiger partial charge in [-0.3, -0.25) is 14.3 Å². The number of ketones is 2. The summed E-state index contributed by atoms with van der Waals surface area (Å²) in [6, 6.07) is 1.72. The Morgan fingerprint density at radius 1 is 1.44 bits per heavy atom. The van der Waals surface area contributed by atoms with E-state index in [0.717, 1.165) is 5.69 Å². The molecule has 0 spiro atoms. The number of nitrogens with zero attached hydrogens (tertiary/aromatic N) is 5. The van der Waals surface area contributed by atoms with Gasteiger partial charge in [-0.1, -0.05) is 11.6 Å². The molecule has 0 bridgehead atoms. The van der Waals surface area contributed by atoms with Crippen LogP contribution < -0.4 is 5.43 Å². The summed E-state index contributed by atoms with van der Waals surface area (Å²) >= 11 is 5.24. The van der Waals surface area contributed by atoms with Crippen molar-refractivity contribution >= 4 is 40.0 Å². The van der Waals surface area contributed by atoms with E-state index in [1.54, 1.807) is 24.7 Å². The van der Waals surface area contributed by atoms with Gasteiger partial charge in [0.2, 0.25) is 10.9 Å². The first kappa shape index (κ1) is 26.0. The number of nitriles is 1. The second-order valence-corrected chi connectivity index (χ2v) is 5.09. The maximum atomic E-state index is 11.0. The van der Waals surface area contributed by atoms with Crippen LogP contribution in [0.5, 0.6) is 0 Å². The van der Waals surface area contributed by atoms with Crippen molar-refractivity contribution in [3.05, 3.63) is 22.8 Å². The Bertz CT molecular complexity index is 786. The molecule has 0 radical (unpaired) electrons. The van der Waals surface area contributed by atoms with Crippen LogP contribution in [0, 0.1) is 24.8 Å². The van der Waals surface area contributed by atoms with E-state index in [2.05, 4.69) is 25.2 Å². The van der Waals surface area contributed by atoms with Crippen LogP contribution in [0.1, 0.15) is 36.5 Å². The summed E-state index contributed by atoms with van der Waals surface area (Å²) in [5, 5.41) is 14.8. The smallest absolute Gasteiger partial charge is 0.370 e. The first-order valence-corrected chi connectivity index (χ1v) is 7.71. The highest BCUT2D eigenvalue weighted by molar-refractivity contribution is 6.81. The lowest BCUT2D eigenvalue weighted by atomic mass is 10.2. The van der Waals surface area contributed by atoms with Crippen molar-refractivity contribution in [2.45, 2.75) is 27.2 Å². The third-order valence-electron chi connectivity index (χ3n) is 2.64. The highest BCUT2D eigenvalue weighted by atomic mass is 35.5. The number of rotatable bonds is 4. The molecule has 0 aliphatic heterocycles. The molecule has 146 valence electrons. The van der Waals surface area contributed by atoms with Crippen molar-refractivity contribution in [2.75, 3.05) is 14.2 Å². The summed E-state index contributed by atoms with van der Waals surface area (Å²) in [6.45, 7) is 11.4. The van der Waals surface area contributed by atoms with Gasteiger partial charge in [-0.25, -0.2) is 9.64 Å². The highest BCUT2D eigenvalue weighted by Crippen LogP contribution is 2.22. The number of aromatic nitrogens is 2. The number of ether oxygens (including phenoxy) is 1. The number of methoxy groups -OCH3 is 1. The number of aryl methyl sites for hydroxylation is 1. The van der Waals surface area contributed by atoms with Crippen LogP contribution in [0.2, 0.25) is 0 Å². The van der Waals surface area contributed by atoms with E-state index >= 15 is 0 Å². The molecule has 0 saturated heterocycles. The molecule has 27 heavy (non-hydrogen) atoms. The van der Waals surface area contributed by atoms with Crippen molar-refractivity contribution in [3.63, 3.8) is 0 Å². The van der Waals surface area contributed by atoms with E-state index in [0.29, 0.717) is 5.69 Å². The number of nitrogens with one attached hydrogen (secondary N) is 1. The van der Waals surface area contributed by atoms with Crippen LogP contribution in [0.3, 0.4) is 0 Å². The van der Waals surface area contributed by atoms with Crippen molar-refractivity contribution in [1.29, 1.82) is 5.26 Å². The van der Waals surface area contributed by atoms with Crippen molar-refractivity contribution in [2.24, 2.45) is 12.1 Å². The van der Waals surface area contributed by atoms with Crippen molar-refractivity contribution in [3.8, 4) is 6.07 Å². The Labute approximate surface area is 162 Å². The van der Waals surface area contributed by atoms with Gasteiger partial charge < -0.3 is 10.2 Å². The first-order valence-electron chi connectivity index (χ1n) is 7.33. The largest absolute Gasteiger partial charge is 0.464 e. The minimum absolute atomic E-state index is 0.0417. The van der Waals surface area contributed by atoms with Gasteiger partial charge in [0.05, 0.1) is 26.2 Å². The first-order chi connectivity index (χ1) is 12.6. The molecule has 0 amide bonds. The molecule has 10 nitrogen and oxygen atoms in total. The summed E-state index contributed by atoms with van der Waals surface area (Å²) in [5.41, 5.74) is 3.70. The number of carbonyl (C=O) groups is 3. The molecule has 0 atom stereocenters. The Balaban J connectivity index is 0. The van der Waals surface area contributed by atoms with Crippen molar-refractivity contribution < 1.29 is 19.1 Å². The standard InChI is InChI=1S/C8H9N3O.C4H7ClN2O2.C4H5NO/c1-5-7(9-3)8(6(2)12)10-11(5)4;1-6-7-3(5)4(8)9-2;1-4(6)2-3-5/h1-2,4H3;6H,1-2H3;2H2,1H3/b;7-3-;. The number of hydrogen-bond donors (Lipinski definition) is 1. The summed E-state index contributed by atoms with van der Waals surface area (Å²) in [6.07, 6.45) is 0.0417. The van der Waals surface area contributed by atoms with Crippen LogP contribution in [-0.4, -0.2) is 46.6 Å². The van der Waals surface area contributed by atoms with E-state index < -0.39 is 5.97 Å². The maximum absolute atomic E-state index is 11.0. The summed E-state index contributed by atoms with van der Waals surface area (Å²) in [4.78, 5) is 34.4. The third-order valence-corrected chi connectivity index (χ3v) is 2.88. The zero-order valence-electron chi connectivity index (χ0n) is 16.0. The van der Waals surface area contributed by atoms with Crippen LogP contribution in [-0.2, 0) is 21.4 Å². The second kappa shape index (κ2) is 14.0. The molecule has 1 aromatic rings. The number of hydrogen-bond acceptors (Lipinski definition) is 8. The van der Waals surface area contributed by atoms with Gasteiger partial charge in [0.15, 0.2) is 5.78 Å². The van der Waals surface area contributed by atoms with Gasteiger partial charge in [-0.15, -0.1) is 0 Å². The van der Waals surface area contributed by atoms with E-state index in [9.17, 15) is 14.4 Å². The Kier molecular flexibility index (Phi) is 13.5. The predicted molar refractivity (Wildman–Crippen MR) is 99.5 cm³/mol. The topological polar surface area (TPSA) is 131 Å². The van der Waals surface area contributed by atoms with E-state index in [1.807, 2.05) is 0 Å². The molecule has 1 N–H and O–H groups in total. The average molecular weight is 397 g/mol. The molecule has 0 aromatic carbocycles. The third kappa shape index (κ3) is 10.4. The fourth-order valence-electron chi connectivity index (χ4n) is 1.31. The second-order valence-electron chi connectivity index (χ2n) is 4.73. The van der Waals surface area contributed by atoms with Gasteiger partial charge >= 0.3 is 5.97 Å². The lowest BCUT2D eigenvalue weighted by molar-refractivity contribution is -0.132. The van der Waals surface area contributed by atoms with Crippen LogP contribution in [0.25, 0.3) is 4.85 Å².